The molecule has 0 saturated heterocycles. The quantitative estimate of drug-likeness (QED) is 0.321. The lowest BCUT2D eigenvalue weighted by molar-refractivity contribution is -0.120. The minimum absolute atomic E-state index is 0.00280. The average molecular weight is 488 g/mol. The SMILES string of the molecule is O=C(Cc1cccc2[nH]ncc12)c1cc(Nc2ccc3c(c2)CC2(C3)C(=O)Nc3ncccc32)ncn1. The zero-order chi connectivity index (χ0) is 25.0. The number of nitrogens with zero attached hydrogens (tertiary/aromatic N) is 4. The number of aromatic amines is 1. The maximum absolute atomic E-state index is 13.0. The summed E-state index contributed by atoms with van der Waals surface area (Å²) in [7, 11) is 0. The summed E-state index contributed by atoms with van der Waals surface area (Å²) in [6, 6.07) is 17.3. The Balaban J connectivity index is 1.11. The van der Waals surface area contributed by atoms with Crippen molar-refractivity contribution in [1.29, 1.82) is 0 Å². The lowest BCUT2D eigenvalue weighted by atomic mass is 9.79. The number of carbonyl (C=O) groups excluding carboxylic acids is 2. The second-order valence-corrected chi connectivity index (χ2v) is 9.53. The fraction of sp³-hybridized carbons (Fsp3) is 0.143. The van der Waals surface area contributed by atoms with Crippen LogP contribution < -0.4 is 10.6 Å². The molecular weight excluding hydrogens is 466 g/mol. The number of benzene rings is 2. The molecule has 1 amide bonds. The topological polar surface area (TPSA) is 126 Å². The Labute approximate surface area is 211 Å². The van der Waals surface area contributed by atoms with Crippen molar-refractivity contribution in [3.63, 3.8) is 0 Å². The normalized spacial score (nSPS) is 17.6. The molecule has 180 valence electrons. The van der Waals surface area contributed by atoms with Crippen LogP contribution in [0.1, 0.15) is 32.7 Å². The largest absolute Gasteiger partial charge is 0.340 e. The Hall–Kier alpha value is -4.92. The highest BCUT2D eigenvalue weighted by Crippen LogP contribution is 2.47. The number of nitrogens with one attached hydrogen (secondary N) is 3. The van der Waals surface area contributed by atoms with E-state index in [2.05, 4.69) is 41.8 Å². The van der Waals surface area contributed by atoms with E-state index in [-0.39, 0.29) is 18.1 Å². The number of Topliss-reactive ketones (excluding diaryl/α,β-unsaturated/α-hetero) is 1. The van der Waals surface area contributed by atoms with Gasteiger partial charge in [-0.1, -0.05) is 24.3 Å². The number of aromatic nitrogens is 5. The first-order valence-corrected chi connectivity index (χ1v) is 12.0. The van der Waals surface area contributed by atoms with Crippen LogP contribution in [0, 0.1) is 0 Å². The van der Waals surface area contributed by atoms with Crippen molar-refractivity contribution >= 4 is 39.9 Å². The van der Waals surface area contributed by atoms with E-state index in [0.717, 1.165) is 38.8 Å². The van der Waals surface area contributed by atoms with Gasteiger partial charge in [-0.15, -0.1) is 0 Å². The lowest BCUT2D eigenvalue weighted by Gasteiger charge is -2.20. The molecule has 1 aliphatic carbocycles. The molecule has 0 radical (unpaired) electrons. The van der Waals surface area contributed by atoms with Gasteiger partial charge in [0, 0.05) is 35.3 Å². The Bertz CT molecular complexity index is 1730. The molecule has 2 aromatic carbocycles. The van der Waals surface area contributed by atoms with Crippen molar-refractivity contribution in [3.05, 3.63) is 101 Å². The highest BCUT2D eigenvalue weighted by atomic mass is 16.2. The number of hydrogen-bond donors (Lipinski definition) is 3. The van der Waals surface area contributed by atoms with Crippen LogP contribution in [-0.2, 0) is 29.5 Å². The molecule has 9 heteroatoms. The predicted octanol–water partition coefficient (Wildman–Crippen LogP) is 3.91. The van der Waals surface area contributed by atoms with Crippen LogP contribution in [0.5, 0.6) is 0 Å². The summed E-state index contributed by atoms with van der Waals surface area (Å²) < 4.78 is 0. The van der Waals surface area contributed by atoms with Gasteiger partial charge in [0.25, 0.3) is 0 Å². The van der Waals surface area contributed by atoms with Crippen molar-refractivity contribution < 1.29 is 9.59 Å². The first-order chi connectivity index (χ1) is 18.1. The molecule has 4 heterocycles. The second kappa shape index (κ2) is 8.06. The second-order valence-electron chi connectivity index (χ2n) is 9.53. The maximum Gasteiger partial charge on any atom is 0.237 e. The minimum atomic E-state index is -0.614. The molecule has 0 fully saturated rings. The maximum atomic E-state index is 13.0. The summed E-state index contributed by atoms with van der Waals surface area (Å²) in [5.74, 6) is 1.08. The number of pyridine rings is 1. The van der Waals surface area contributed by atoms with Crippen LogP contribution in [-0.4, -0.2) is 36.8 Å². The first-order valence-electron chi connectivity index (χ1n) is 12.0. The van der Waals surface area contributed by atoms with Crippen LogP contribution in [0.15, 0.2) is 73.3 Å². The number of H-pyrrole nitrogens is 1. The van der Waals surface area contributed by atoms with Gasteiger partial charge in [0.05, 0.1) is 17.1 Å². The highest BCUT2D eigenvalue weighted by molar-refractivity contribution is 6.06. The highest BCUT2D eigenvalue weighted by Gasteiger charge is 2.51. The number of ketones is 1. The molecule has 0 bridgehead atoms. The number of hydrogen-bond acceptors (Lipinski definition) is 7. The van der Waals surface area contributed by atoms with Crippen LogP contribution in [0.25, 0.3) is 10.9 Å². The molecule has 1 atom stereocenters. The van der Waals surface area contributed by atoms with Crippen molar-refractivity contribution in [2.24, 2.45) is 0 Å². The van der Waals surface area contributed by atoms with E-state index in [4.69, 9.17) is 0 Å². The van der Waals surface area contributed by atoms with Crippen molar-refractivity contribution in [1.82, 2.24) is 25.1 Å². The summed E-state index contributed by atoms with van der Waals surface area (Å²) >= 11 is 0. The van der Waals surface area contributed by atoms with E-state index in [9.17, 15) is 9.59 Å². The Morgan fingerprint density at radius 1 is 1.00 bits per heavy atom. The van der Waals surface area contributed by atoms with E-state index in [1.54, 1.807) is 18.5 Å². The molecule has 3 aromatic heterocycles. The van der Waals surface area contributed by atoms with Crippen LogP contribution in [0.3, 0.4) is 0 Å². The Morgan fingerprint density at radius 3 is 2.86 bits per heavy atom. The fourth-order valence-corrected chi connectivity index (χ4v) is 5.52. The molecule has 1 unspecified atom stereocenters. The molecule has 3 N–H and O–H groups in total. The van der Waals surface area contributed by atoms with Crippen molar-refractivity contribution in [2.75, 3.05) is 10.6 Å². The van der Waals surface area contributed by atoms with Gasteiger partial charge < -0.3 is 10.6 Å². The van der Waals surface area contributed by atoms with Crippen molar-refractivity contribution in [2.45, 2.75) is 24.7 Å². The van der Waals surface area contributed by atoms with Crippen molar-refractivity contribution in [3.8, 4) is 0 Å². The molecule has 2 aliphatic rings. The van der Waals surface area contributed by atoms with Crippen LogP contribution in [0.2, 0.25) is 0 Å². The zero-order valence-corrected chi connectivity index (χ0v) is 19.7. The summed E-state index contributed by atoms with van der Waals surface area (Å²) in [6.07, 6.45) is 6.28. The van der Waals surface area contributed by atoms with E-state index in [1.807, 2.05) is 42.5 Å². The standard InChI is InChI=1S/C28H21N7O2/c36-24(10-16-3-1-5-22-20(16)14-32-35-22)23-11-25(31-15-30-23)33-19-7-6-17-12-28(13-18(17)9-19)21-4-2-8-29-26(21)34-27(28)37/h1-9,11,14-15H,10,12-13H2,(H,32,35)(H,29,34,37)(H,30,31,33). The number of anilines is 3. The number of fused-ring (bicyclic) bond motifs is 4. The zero-order valence-electron chi connectivity index (χ0n) is 19.7. The third-order valence-electron chi connectivity index (χ3n) is 7.33. The minimum Gasteiger partial charge on any atom is -0.340 e. The molecular formula is C28H21N7O2. The smallest absolute Gasteiger partial charge is 0.237 e. The van der Waals surface area contributed by atoms with Gasteiger partial charge in [0.15, 0.2) is 5.78 Å². The first kappa shape index (κ1) is 21.4. The third kappa shape index (κ3) is 3.47. The van der Waals surface area contributed by atoms with Gasteiger partial charge in [-0.05, 0) is 53.8 Å². The van der Waals surface area contributed by atoms with Gasteiger partial charge >= 0.3 is 0 Å². The molecule has 1 aliphatic heterocycles. The van der Waals surface area contributed by atoms with E-state index in [1.165, 1.54) is 6.33 Å². The molecule has 5 aromatic rings. The molecule has 1 spiro atoms. The predicted molar refractivity (Wildman–Crippen MR) is 138 cm³/mol. The Morgan fingerprint density at radius 2 is 1.92 bits per heavy atom. The molecule has 0 saturated carbocycles. The van der Waals surface area contributed by atoms with Gasteiger partial charge in [-0.3, -0.25) is 14.7 Å². The lowest BCUT2D eigenvalue weighted by Crippen LogP contribution is -2.35. The number of rotatable bonds is 5. The summed E-state index contributed by atoms with van der Waals surface area (Å²) in [5.41, 5.74) is 5.55. The summed E-state index contributed by atoms with van der Waals surface area (Å²) in [6.45, 7) is 0. The summed E-state index contributed by atoms with van der Waals surface area (Å²) in [4.78, 5) is 38.8. The monoisotopic (exact) mass is 487 g/mol. The number of carbonyl (C=O) groups is 2. The summed E-state index contributed by atoms with van der Waals surface area (Å²) in [5, 5.41) is 14.2. The third-order valence-corrected chi connectivity index (χ3v) is 7.33. The van der Waals surface area contributed by atoms with E-state index in [0.29, 0.717) is 30.2 Å². The Kier molecular flexibility index (Phi) is 4.65. The van der Waals surface area contributed by atoms with Crippen LogP contribution in [0.4, 0.5) is 17.3 Å². The van der Waals surface area contributed by atoms with Gasteiger partial charge in [0.2, 0.25) is 5.91 Å². The average Bonchev–Trinajstić information content (AvgIpc) is 3.61. The van der Waals surface area contributed by atoms with Crippen LogP contribution >= 0.6 is 0 Å². The fourth-order valence-electron chi connectivity index (χ4n) is 5.52. The van der Waals surface area contributed by atoms with Gasteiger partial charge in [-0.2, -0.15) is 5.10 Å². The molecule has 9 nitrogen and oxygen atoms in total. The van der Waals surface area contributed by atoms with E-state index < -0.39 is 5.41 Å². The van der Waals surface area contributed by atoms with E-state index >= 15 is 0 Å². The van der Waals surface area contributed by atoms with Gasteiger partial charge in [0.1, 0.15) is 23.7 Å². The number of amides is 1. The van der Waals surface area contributed by atoms with Gasteiger partial charge in [-0.25, -0.2) is 15.0 Å². The molecule has 7 rings (SSSR count). The molecule has 37 heavy (non-hydrogen) atoms.